The fourth-order valence-corrected chi connectivity index (χ4v) is 5.96. The van der Waals surface area contributed by atoms with E-state index in [1.54, 1.807) is 25.4 Å². The van der Waals surface area contributed by atoms with Gasteiger partial charge in [0.2, 0.25) is 11.8 Å². The minimum Gasteiger partial charge on any atom is -0.384 e. The summed E-state index contributed by atoms with van der Waals surface area (Å²) in [7, 11) is 1.54. The van der Waals surface area contributed by atoms with Gasteiger partial charge in [0.05, 0.1) is 5.92 Å². The number of nitrogens with zero attached hydrogens (tertiary/aromatic N) is 3. The highest BCUT2D eigenvalue weighted by atomic mass is 16.2. The van der Waals surface area contributed by atoms with Crippen molar-refractivity contribution in [2.24, 2.45) is 17.8 Å². The van der Waals surface area contributed by atoms with Crippen LogP contribution < -0.4 is 11.1 Å². The number of imide groups is 1. The number of hydrogen-bond donors (Lipinski definition) is 2. The number of β-lactam (4-membered cyclic amide) rings is 1. The Morgan fingerprint density at radius 1 is 1.09 bits per heavy atom. The molecule has 33 heavy (non-hydrogen) atoms. The SMILES string of the molecule is CNC(=O)[C@@H]1[C@@H](Cc2ccnc(N)c2)C(=O)N1C(=O)N1CCCC(C2CCCCCCC2)C1. The second-order valence-electron chi connectivity index (χ2n) is 9.90. The maximum absolute atomic E-state index is 13.4. The number of rotatable bonds is 4. The molecular formula is C25H37N5O3. The second kappa shape index (κ2) is 10.5. The highest BCUT2D eigenvalue weighted by Gasteiger charge is 2.55. The molecule has 2 aliphatic heterocycles. The molecule has 0 spiro atoms. The van der Waals surface area contributed by atoms with E-state index in [-0.39, 0.29) is 17.8 Å². The Labute approximate surface area is 196 Å². The first-order valence-electron chi connectivity index (χ1n) is 12.5. The van der Waals surface area contributed by atoms with Gasteiger partial charge in [-0.2, -0.15) is 0 Å². The third-order valence-corrected chi connectivity index (χ3v) is 7.78. The molecule has 0 aromatic carbocycles. The van der Waals surface area contributed by atoms with E-state index in [4.69, 9.17) is 5.73 Å². The molecule has 8 heteroatoms. The number of piperidine rings is 1. The number of carbonyl (C=O) groups excluding carboxylic acids is 3. The van der Waals surface area contributed by atoms with Crippen molar-refractivity contribution in [3.63, 3.8) is 0 Å². The molecule has 1 aromatic heterocycles. The van der Waals surface area contributed by atoms with Crippen LogP contribution in [0.1, 0.15) is 63.4 Å². The van der Waals surface area contributed by atoms with Gasteiger partial charge in [0.25, 0.3) is 0 Å². The zero-order chi connectivity index (χ0) is 23.4. The van der Waals surface area contributed by atoms with E-state index >= 15 is 0 Å². The predicted molar refractivity (Wildman–Crippen MR) is 126 cm³/mol. The Morgan fingerprint density at radius 3 is 2.48 bits per heavy atom. The zero-order valence-electron chi connectivity index (χ0n) is 19.7. The second-order valence-corrected chi connectivity index (χ2v) is 9.90. The molecule has 3 N–H and O–H groups in total. The Balaban J connectivity index is 1.44. The molecule has 4 rings (SSSR count). The average Bonchev–Trinajstić information content (AvgIpc) is 2.80. The maximum atomic E-state index is 13.4. The summed E-state index contributed by atoms with van der Waals surface area (Å²) in [6, 6.07) is 2.41. The van der Waals surface area contributed by atoms with Crippen LogP contribution in [0.25, 0.3) is 0 Å². The van der Waals surface area contributed by atoms with Gasteiger partial charge < -0.3 is 16.0 Å². The van der Waals surface area contributed by atoms with E-state index in [9.17, 15) is 14.4 Å². The zero-order valence-corrected chi connectivity index (χ0v) is 19.7. The third kappa shape index (κ3) is 5.14. The van der Waals surface area contributed by atoms with E-state index in [1.165, 1.54) is 49.8 Å². The van der Waals surface area contributed by atoms with Crippen molar-refractivity contribution in [2.45, 2.75) is 70.3 Å². The smallest absolute Gasteiger partial charge is 0.327 e. The number of nitrogens with one attached hydrogen (secondary N) is 1. The lowest BCUT2D eigenvalue weighted by Gasteiger charge is -2.47. The summed E-state index contributed by atoms with van der Waals surface area (Å²) in [5, 5.41) is 2.64. The third-order valence-electron chi connectivity index (χ3n) is 7.78. The Hall–Kier alpha value is -2.64. The van der Waals surface area contributed by atoms with Gasteiger partial charge in [-0.05, 0) is 48.8 Å². The molecule has 3 atom stereocenters. The van der Waals surface area contributed by atoms with Crippen molar-refractivity contribution in [2.75, 3.05) is 25.9 Å². The fourth-order valence-electron chi connectivity index (χ4n) is 5.96. The molecule has 3 fully saturated rings. The number of nitrogen functional groups attached to an aromatic ring is 1. The van der Waals surface area contributed by atoms with Crippen LogP contribution in [0.4, 0.5) is 10.6 Å². The van der Waals surface area contributed by atoms with Gasteiger partial charge in [-0.3, -0.25) is 14.5 Å². The van der Waals surface area contributed by atoms with Crippen LogP contribution in [0.3, 0.4) is 0 Å². The molecule has 1 aromatic rings. The number of likely N-dealkylation sites (tertiary alicyclic amines) is 2. The number of nitrogens with two attached hydrogens (primary N) is 1. The van der Waals surface area contributed by atoms with Gasteiger partial charge >= 0.3 is 6.03 Å². The summed E-state index contributed by atoms with van der Waals surface area (Å²) in [4.78, 5) is 46.2. The number of aromatic nitrogens is 1. The fraction of sp³-hybridized carbons (Fsp3) is 0.680. The molecule has 3 heterocycles. The number of hydrogen-bond acceptors (Lipinski definition) is 5. The Morgan fingerprint density at radius 2 is 1.79 bits per heavy atom. The van der Waals surface area contributed by atoms with Crippen LogP contribution >= 0.6 is 0 Å². The molecule has 1 unspecified atom stereocenters. The lowest BCUT2D eigenvalue weighted by atomic mass is 9.78. The minimum absolute atomic E-state index is 0.280. The van der Waals surface area contributed by atoms with Crippen molar-refractivity contribution >= 4 is 23.7 Å². The monoisotopic (exact) mass is 455 g/mol. The number of urea groups is 1. The average molecular weight is 456 g/mol. The number of likely N-dealkylation sites (N-methyl/N-ethyl adjacent to an activating group) is 1. The minimum atomic E-state index is -0.786. The van der Waals surface area contributed by atoms with Crippen LogP contribution in [0, 0.1) is 17.8 Å². The predicted octanol–water partition coefficient (Wildman–Crippen LogP) is 2.97. The van der Waals surface area contributed by atoms with Crippen molar-refractivity contribution in [3.05, 3.63) is 23.9 Å². The van der Waals surface area contributed by atoms with E-state index < -0.39 is 12.0 Å². The van der Waals surface area contributed by atoms with Crippen LogP contribution in [-0.2, 0) is 16.0 Å². The lowest BCUT2D eigenvalue weighted by Crippen LogP contribution is -2.70. The van der Waals surface area contributed by atoms with Crippen LogP contribution in [0.15, 0.2) is 18.3 Å². The molecule has 0 radical (unpaired) electrons. The topological polar surface area (TPSA) is 109 Å². The van der Waals surface area contributed by atoms with Crippen molar-refractivity contribution in [1.82, 2.24) is 20.1 Å². The van der Waals surface area contributed by atoms with E-state index in [2.05, 4.69) is 10.3 Å². The first kappa shape index (κ1) is 23.5. The van der Waals surface area contributed by atoms with Crippen LogP contribution in [0.5, 0.6) is 0 Å². The Kier molecular flexibility index (Phi) is 7.50. The summed E-state index contributed by atoms with van der Waals surface area (Å²) >= 11 is 0. The first-order valence-corrected chi connectivity index (χ1v) is 12.5. The van der Waals surface area contributed by atoms with Gasteiger partial charge in [-0.25, -0.2) is 9.78 Å². The Bertz CT molecular complexity index is 867. The molecule has 1 aliphatic carbocycles. The summed E-state index contributed by atoms with van der Waals surface area (Å²) in [6.45, 7) is 1.34. The summed E-state index contributed by atoms with van der Waals surface area (Å²) < 4.78 is 0. The standard InChI is InChI=1S/C25H37N5O3/c1-27-23(31)22-20(14-17-11-12-28-21(26)15-17)24(32)30(22)25(33)29-13-7-10-19(16-29)18-8-5-3-2-4-6-9-18/h11-12,15,18-20,22H,2-10,13-14,16H2,1H3,(H2,26,28)(H,27,31)/t19?,20-,22+/m1/s1. The van der Waals surface area contributed by atoms with E-state index in [1.807, 2.05) is 4.90 Å². The van der Waals surface area contributed by atoms with Crippen LogP contribution in [0.2, 0.25) is 0 Å². The molecule has 8 nitrogen and oxygen atoms in total. The van der Waals surface area contributed by atoms with Crippen molar-refractivity contribution < 1.29 is 14.4 Å². The van der Waals surface area contributed by atoms with E-state index in [0.29, 0.717) is 37.2 Å². The van der Waals surface area contributed by atoms with E-state index in [0.717, 1.165) is 18.4 Å². The number of anilines is 1. The molecule has 180 valence electrons. The summed E-state index contributed by atoms with van der Waals surface area (Å²) in [5.74, 6) is 0.374. The molecule has 0 bridgehead atoms. The molecular weight excluding hydrogens is 418 g/mol. The van der Waals surface area contributed by atoms with Gasteiger partial charge in [0, 0.05) is 26.3 Å². The molecule has 2 saturated heterocycles. The summed E-state index contributed by atoms with van der Waals surface area (Å²) in [5.41, 5.74) is 6.61. The number of pyridine rings is 1. The van der Waals surface area contributed by atoms with Gasteiger partial charge in [-0.1, -0.05) is 44.9 Å². The number of carbonyl (C=O) groups is 3. The quantitative estimate of drug-likeness (QED) is 0.679. The molecule has 3 aliphatic rings. The lowest BCUT2D eigenvalue weighted by molar-refractivity contribution is -0.158. The molecule has 1 saturated carbocycles. The largest absolute Gasteiger partial charge is 0.384 e. The first-order chi connectivity index (χ1) is 16.0. The normalized spacial score (nSPS) is 26.8. The highest BCUT2D eigenvalue weighted by Crippen LogP contribution is 2.36. The van der Waals surface area contributed by atoms with Gasteiger partial charge in [0.1, 0.15) is 11.9 Å². The highest BCUT2D eigenvalue weighted by molar-refractivity contribution is 6.09. The maximum Gasteiger partial charge on any atom is 0.327 e. The molecule has 4 amide bonds. The van der Waals surface area contributed by atoms with Gasteiger partial charge in [-0.15, -0.1) is 0 Å². The van der Waals surface area contributed by atoms with Crippen LogP contribution in [-0.4, -0.2) is 58.8 Å². The van der Waals surface area contributed by atoms with Gasteiger partial charge in [0.15, 0.2) is 0 Å². The summed E-state index contributed by atoms with van der Waals surface area (Å²) in [6.07, 6.45) is 13.1. The number of amides is 4. The van der Waals surface area contributed by atoms with Crippen molar-refractivity contribution in [3.8, 4) is 0 Å². The van der Waals surface area contributed by atoms with Crippen molar-refractivity contribution in [1.29, 1.82) is 0 Å².